The number of aliphatic hydroxyl groups is 3. The van der Waals surface area contributed by atoms with Gasteiger partial charge in [0.25, 0.3) is 0 Å². The molecule has 0 saturated carbocycles. The van der Waals surface area contributed by atoms with Crippen molar-refractivity contribution in [1.82, 2.24) is 4.90 Å². The van der Waals surface area contributed by atoms with Crippen LogP contribution in [0.4, 0.5) is 5.69 Å². The number of aliphatic hydroxyl groups excluding tert-OH is 3. The number of rotatable bonds is 29. The van der Waals surface area contributed by atoms with Gasteiger partial charge in [0.1, 0.15) is 5.78 Å². The van der Waals surface area contributed by atoms with Crippen LogP contribution in [0.2, 0.25) is 0 Å². The zero-order valence-electron chi connectivity index (χ0n) is 35.4. The van der Waals surface area contributed by atoms with Crippen molar-refractivity contribution in [3.63, 3.8) is 0 Å². The minimum absolute atomic E-state index is 0.00114. The molecule has 1 amide bonds. The first-order chi connectivity index (χ1) is 27.2. The second-order valence-corrected chi connectivity index (χ2v) is 17.5. The predicted molar refractivity (Wildman–Crippen MR) is 226 cm³/mol. The molecule has 1 aromatic rings. The third-order valence-corrected chi connectivity index (χ3v) is 12.8. The van der Waals surface area contributed by atoms with Gasteiger partial charge in [-0.05, 0) is 83.3 Å². The molecule has 0 aromatic heterocycles. The van der Waals surface area contributed by atoms with Crippen molar-refractivity contribution in [2.24, 2.45) is 5.92 Å². The molecule has 9 nitrogen and oxygen atoms in total. The van der Waals surface area contributed by atoms with E-state index < -0.39 is 12.2 Å². The van der Waals surface area contributed by atoms with Crippen molar-refractivity contribution in [2.75, 3.05) is 31.1 Å². The number of benzene rings is 1. The first kappa shape index (κ1) is 46.6. The van der Waals surface area contributed by atoms with Crippen LogP contribution in [-0.2, 0) is 19.1 Å². The summed E-state index contributed by atoms with van der Waals surface area (Å²) < 4.78 is 12.6. The maximum Gasteiger partial charge on any atom is 0.226 e. The second kappa shape index (κ2) is 26.9. The number of ketones is 1. The van der Waals surface area contributed by atoms with E-state index in [-0.39, 0.29) is 48.1 Å². The van der Waals surface area contributed by atoms with Crippen LogP contribution in [0.15, 0.2) is 30.3 Å². The monoisotopic (exact) mass is 785 g/mol. The molecule has 4 rings (SSSR count). The van der Waals surface area contributed by atoms with E-state index in [2.05, 4.69) is 36.1 Å². The van der Waals surface area contributed by atoms with E-state index in [4.69, 9.17) is 9.47 Å². The number of nitrogens with zero attached hydrogens (tertiary/aromatic N) is 2. The van der Waals surface area contributed by atoms with Crippen molar-refractivity contribution in [1.29, 1.82) is 0 Å². The van der Waals surface area contributed by atoms with E-state index in [0.717, 1.165) is 116 Å². The first-order valence-electron chi connectivity index (χ1n) is 23.2. The normalized spacial score (nSPS) is 23.7. The number of carbonyl (C=O) groups is 2. The largest absolute Gasteiger partial charge is 0.393 e. The van der Waals surface area contributed by atoms with Gasteiger partial charge in [0, 0.05) is 44.2 Å². The topological polar surface area (TPSA) is 120 Å². The van der Waals surface area contributed by atoms with Crippen LogP contribution in [0.5, 0.6) is 0 Å². The maximum atomic E-state index is 13.4. The van der Waals surface area contributed by atoms with Crippen LogP contribution < -0.4 is 4.90 Å². The summed E-state index contributed by atoms with van der Waals surface area (Å²) >= 11 is 0. The SMILES string of the molecule is CCCCCC[C@H](O)CCC[C@H](O)[C@H]1CC[C@H]([C@H]2CC[C@H]([C@H](O)CCCCCCCCCCCCC(CC(C)=O)C(=O)N3CCN(c4ccccc4)CC3)O2)O1. The van der Waals surface area contributed by atoms with Crippen LogP contribution in [0, 0.1) is 5.92 Å². The Bertz CT molecular complexity index is 1190. The Kier molecular flexibility index (Phi) is 22.4. The molecule has 1 unspecified atom stereocenters. The average Bonchev–Trinajstić information content (AvgIpc) is 3.91. The Morgan fingerprint density at radius 2 is 1.11 bits per heavy atom. The lowest BCUT2D eigenvalue weighted by Gasteiger charge is -2.37. The Hall–Kier alpha value is -2.04. The summed E-state index contributed by atoms with van der Waals surface area (Å²) in [6, 6.07) is 10.4. The molecule has 3 aliphatic heterocycles. The number of hydrogen-bond acceptors (Lipinski definition) is 8. The fourth-order valence-electron chi connectivity index (χ4n) is 9.28. The molecule has 0 aliphatic carbocycles. The van der Waals surface area contributed by atoms with Gasteiger partial charge in [0.2, 0.25) is 5.91 Å². The van der Waals surface area contributed by atoms with E-state index >= 15 is 0 Å². The summed E-state index contributed by atoms with van der Waals surface area (Å²) in [5.41, 5.74) is 1.20. The molecular weight excluding hydrogens is 705 g/mol. The minimum atomic E-state index is -0.492. The number of hydrogen-bond donors (Lipinski definition) is 3. The Balaban J connectivity index is 0.963. The number of ether oxygens (including phenoxy) is 2. The van der Waals surface area contributed by atoms with Crippen molar-refractivity contribution < 1.29 is 34.4 Å². The van der Waals surface area contributed by atoms with Crippen molar-refractivity contribution in [2.45, 2.75) is 217 Å². The Morgan fingerprint density at radius 1 is 0.625 bits per heavy atom. The molecular formula is C47H80N2O7. The van der Waals surface area contributed by atoms with Gasteiger partial charge in [-0.3, -0.25) is 4.79 Å². The van der Waals surface area contributed by atoms with Crippen LogP contribution in [0.1, 0.15) is 174 Å². The molecule has 1 aromatic carbocycles. The number of piperazine rings is 1. The summed E-state index contributed by atoms with van der Waals surface area (Å²) in [7, 11) is 0. The average molecular weight is 785 g/mol. The van der Waals surface area contributed by atoms with Gasteiger partial charge < -0.3 is 39.4 Å². The Morgan fingerprint density at radius 3 is 1.66 bits per heavy atom. The van der Waals surface area contributed by atoms with Gasteiger partial charge in [-0.1, -0.05) is 115 Å². The van der Waals surface area contributed by atoms with E-state index in [1.807, 2.05) is 11.0 Å². The van der Waals surface area contributed by atoms with Gasteiger partial charge in [0.05, 0.1) is 42.7 Å². The van der Waals surface area contributed by atoms with Crippen LogP contribution in [-0.4, -0.2) is 101 Å². The standard InChI is InChI=1S/C47H80N2O7/c1-3-4-5-18-24-40(51)25-20-27-42(53)44-29-31-46(56-44)45-30-28-43(55-45)41(52)26-19-13-11-9-7-6-8-10-12-15-21-38(36-37(2)50)47(54)49-34-32-48(33-35-49)39-22-16-14-17-23-39/h14,16-17,22-23,38,40-46,51-53H,3-13,15,18-21,24-36H2,1-2H3/t38?,40-,41+,42-,43+,44+,45+,46+/m0/s1. The highest BCUT2D eigenvalue weighted by atomic mass is 16.6. The van der Waals surface area contributed by atoms with Gasteiger partial charge in [-0.15, -0.1) is 0 Å². The van der Waals surface area contributed by atoms with E-state index in [1.165, 1.54) is 63.5 Å². The number of amides is 1. The van der Waals surface area contributed by atoms with E-state index in [9.17, 15) is 24.9 Å². The molecule has 56 heavy (non-hydrogen) atoms. The highest BCUT2D eigenvalue weighted by Crippen LogP contribution is 2.35. The zero-order valence-corrected chi connectivity index (χ0v) is 35.4. The number of para-hydroxylation sites is 1. The quantitative estimate of drug-likeness (QED) is 0.0690. The first-order valence-corrected chi connectivity index (χ1v) is 23.2. The van der Waals surface area contributed by atoms with Crippen molar-refractivity contribution in [3.8, 4) is 0 Å². The van der Waals surface area contributed by atoms with Crippen molar-refractivity contribution in [3.05, 3.63) is 30.3 Å². The van der Waals surface area contributed by atoms with Gasteiger partial charge >= 0.3 is 0 Å². The number of anilines is 1. The lowest BCUT2D eigenvalue weighted by atomic mass is 9.93. The second-order valence-electron chi connectivity index (χ2n) is 17.5. The number of carbonyl (C=O) groups excluding carboxylic acids is 2. The molecule has 3 aliphatic rings. The maximum absolute atomic E-state index is 13.4. The number of unbranched alkanes of at least 4 members (excludes halogenated alkanes) is 12. The molecule has 3 fully saturated rings. The molecule has 3 N–H and O–H groups in total. The summed E-state index contributed by atoms with van der Waals surface area (Å²) in [6.07, 6.45) is 23.4. The van der Waals surface area contributed by atoms with Crippen LogP contribution >= 0.6 is 0 Å². The molecule has 320 valence electrons. The summed E-state index contributed by atoms with van der Waals surface area (Å²) in [5, 5.41) is 31.9. The lowest BCUT2D eigenvalue weighted by molar-refractivity contribution is -0.138. The molecule has 0 bridgehead atoms. The predicted octanol–water partition coefficient (Wildman–Crippen LogP) is 8.93. The smallest absolute Gasteiger partial charge is 0.226 e. The fraction of sp³-hybridized carbons (Fsp3) is 0.830. The minimum Gasteiger partial charge on any atom is -0.393 e. The summed E-state index contributed by atoms with van der Waals surface area (Å²) in [4.78, 5) is 29.7. The van der Waals surface area contributed by atoms with Gasteiger partial charge in [-0.25, -0.2) is 0 Å². The van der Waals surface area contributed by atoms with Crippen molar-refractivity contribution >= 4 is 17.4 Å². The van der Waals surface area contributed by atoms with Gasteiger partial charge in [-0.2, -0.15) is 0 Å². The third kappa shape index (κ3) is 17.1. The molecule has 3 saturated heterocycles. The highest BCUT2D eigenvalue weighted by Gasteiger charge is 2.40. The third-order valence-electron chi connectivity index (χ3n) is 12.8. The van der Waals surface area contributed by atoms with E-state index in [0.29, 0.717) is 12.8 Å². The molecule has 3 heterocycles. The van der Waals surface area contributed by atoms with Crippen LogP contribution in [0.25, 0.3) is 0 Å². The number of Topliss-reactive ketones (excluding diaryl/α,β-unsaturated/α-hetero) is 1. The van der Waals surface area contributed by atoms with E-state index in [1.54, 1.807) is 6.92 Å². The van der Waals surface area contributed by atoms with Crippen LogP contribution in [0.3, 0.4) is 0 Å². The summed E-state index contributed by atoms with van der Waals surface area (Å²) in [5.74, 6) is 0.0868. The van der Waals surface area contributed by atoms with Gasteiger partial charge in [0.15, 0.2) is 0 Å². The zero-order chi connectivity index (χ0) is 40.0. The molecule has 0 spiro atoms. The fourth-order valence-corrected chi connectivity index (χ4v) is 9.28. The molecule has 8 atom stereocenters. The summed E-state index contributed by atoms with van der Waals surface area (Å²) in [6.45, 7) is 6.91. The highest BCUT2D eigenvalue weighted by molar-refractivity contribution is 5.85. The lowest BCUT2D eigenvalue weighted by Crippen LogP contribution is -2.50. The molecule has 9 heteroatoms. The molecule has 0 radical (unpaired) electrons. The Labute approximate surface area is 340 Å².